The third-order valence-electron chi connectivity index (χ3n) is 1.93. The van der Waals surface area contributed by atoms with Gasteiger partial charge in [-0.1, -0.05) is 0 Å². The molecular weight excluding hydrogens is 216 g/mol. The minimum absolute atomic E-state index is 0.0239. The quantitative estimate of drug-likeness (QED) is 0.845. The molecule has 0 aliphatic carbocycles. The van der Waals surface area contributed by atoms with Crippen LogP contribution < -0.4 is 10.6 Å². The Kier molecular flexibility index (Phi) is 4.37. The van der Waals surface area contributed by atoms with Crippen molar-refractivity contribution in [1.82, 2.24) is 0 Å². The summed E-state index contributed by atoms with van der Waals surface area (Å²) in [6.07, 6.45) is -0.427. The molecule has 2 N–H and O–H groups in total. The van der Waals surface area contributed by atoms with Gasteiger partial charge in [0.25, 0.3) is 0 Å². The van der Waals surface area contributed by atoms with Gasteiger partial charge in [-0.05, 0) is 52.0 Å². The first-order chi connectivity index (χ1) is 7.90. The van der Waals surface area contributed by atoms with Gasteiger partial charge in [0.2, 0.25) is 0 Å². The van der Waals surface area contributed by atoms with Crippen molar-refractivity contribution >= 4 is 17.5 Å². The van der Waals surface area contributed by atoms with E-state index in [1.54, 1.807) is 6.92 Å². The first-order valence-corrected chi connectivity index (χ1v) is 5.73. The molecule has 0 heterocycles. The maximum Gasteiger partial charge on any atom is 0.411 e. The first kappa shape index (κ1) is 13.4. The topological polar surface area (TPSA) is 50.4 Å². The van der Waals surface area contributed by atoms with E-state index in [2.05, 4.69) is 31.4 Å². The van der Waals surface area contributed by atoms with E-state index in [1.807, 2.05) is 24.3 Å². The van der Waals surface area contributed by atoms with Gasteiger partial charge in [0.1, 0.15) is 0 Å². The van der Waals surface area contributed by atoms with Crippen molar-refractivity contribution in [3.8, 4) is 0 Å². The molecule has 1 aromatic carbocycles. The lowest BCUT2D eigenvalue weighted by Crippen LogP contribution is -2.25. The summed E-state index contributed by atoms with van der Waals surface area (Å²) >= 11 is 0. The number of carbonyl (C=O) groups excluding carboxylic acids is 1. The van der Waals surface area contributed by atoms with Crippen LogP contribution in [0.15, 0.2) is 24.3 Å². The highest BCUT2D eigenvalue weighted by Crippen LogP contribution is 2.17. The maximum absolute atomic E-state index is 11.2. The number of anilines is 2. The largest absolute Gasteiger partial charge is 0.450 e. The normalized spacial score (nSPS) is 10.8. The van der Waals surface area contributed by atoms with Crippen LogP contribution in [-0.4, -0.2) is 18.2 Å². The Labute approximate surface area is 102 Å². The Balaban J connectivity index is 2.59. The molecule has 0 radical (unpaired) electrons. The van der Waals surface area contributed by atoms with E-state index in [0.29, 0.717) is 6.61 Å². The molecule has 0 aliphatic rings. The lowest BCUT2D eigenvalue weighted by Gasteiger charge is -2.22. The summed E-state index contributed by atoms with van der Waals surface area (Å²) < 4.78 is 4.79. The number of ether oxygens (including phenoxy) is 1. The van der Waals surface area contributed by atoms with E-state index >= 15 is 0 Å². The monoisotopic (exact) mass is 236 g/mol. The van der Waals surface area contributed by atoms with Gasteiger partial charge in [0.05, 0.1) is 6.61 Å². The van der Waals surface area contributed by atoms with Crippen LogP contribution in [-0.2, 0) is 4.74 Å². The Morgan fingerprint density at radius 2 is 1.71 bits per heavy atom. The van der Waals surface area contributed by atoms with Crippen LogP contribution in [0.5, 0.6) is 0 Å². The summed E-state index contributed by atoms with van der Waals surface area (Å²) in [6.45, 7) is 8.43. The Bertz CT molecular complexity index is 366. The van der Waals surface area contributed by atoms with E-state index in [9.17, 15) is 4.79 Å². The van der Waals surface area contributed by atoms with Crippen LogP contribution in [0.3, 0.4) is 0 Å². The number of amides is 1. The zero-order chi connectivity index (χ0) is 12.9. The maximum atomic E-state index is 11.2. The molecule has 0 atom stereocenters. The minimum atomic E-state index is -0.427. The third-order valence-corrected chi connectivity index (χ3v) is 1.93. The van der Waals surface area contributed by atoms with Crippen molar-refractivity contribution in [1.29, 1.82) is 0 Å². The molecule has 0 fully saturated rings. The zero-order valence-corrected chi connectivity index (χ0v) is 10.8. The number of carbonyl (C=O) groups is 1. The molecule has 0 bridgehead atoms. The summed E-state index contributed by atoms with van der Waals surface area (Å²) in [5.41, 5.74) is 1.77. The molecular formula is C13H20N2O2. The van der Waals surface area contributed by atoms with E-state index in [4.69, 9.17) is 4.74 Å². The Morgan fingerprint density at radius 1 is 1.18 bits per heavy atom. The highest BCUT2D eigenvalue weighted by Gasteiger charge is 2.09. The first-order valence-electron chi connectivity index (χ1n) is 5.73. The molecule has 0 saturated carbocycles. The molecule has 94 valence electrons. The number of hydrogen-bond acceptors (Lipinski definition) is 3. The summed E-state index contributed by atoms with van der Waals surface area (Å²) in [6, 6.07) is 7.52. The van der Waals surface area contributed by atoms with Crippen LogP contribution in [0.4, 0.5) is 16.2 Å². The van der Waals surface area contributed by atoms with Crippen molar-refractivity contribution in [3.63, 3.8) is 0 Å². The molecule has 0 aliphatic heterocycles. The van der Waals surface area contributed by atoms with Crippen molar-refractivity contribution in [2.45, 2.75) is 33.2 Å². The second-order valence-electron chi connectivity index (χ2n) is 4.80. The van der Waals surface area contributed by atoms with Crippen molar-refractivity contribution in [3.05, 3.63) is 24.3 Å². The van der Waals surface area contributed by atoms with Gasteiger partial charge in [-0.15, -0.1) is 0 Å². The molecule has 1 aromatic rings. The summed E-state index contributed by atoms with van der Waals surface area (Å²) in [5, 5.41) is 5.99. The molecule has 4 nitrogen and oxygen atoms in total. The predicted octanol–water partition coefficient (Wildman–Crippen LogP) is 3.47. The minimum Gasteiger partial charge on any atom is -0.450 e. The molecule has 1 amide bonds. The molecule has 1 rings (SSSR count). The molecule has 0 unspecified atom stereocenters. The van der Waals surface area contributed by atoms with Crippen LogP contribution in [0.1, 0.15) is 27.7 Å². The van der Waals surface area contributed by atoms with Crippen molar-refractivity contribution in [2.75, 3.05) is 17.2 Å². The third kappa shape index (κ3) is 5.24. The van der Waals surface area contributed by atoms with Crippen LogP contribution in [0.25, 0.3) is 0 Å². The molecule has 0 saturated heterocycles. The second-order valence-corrected chi connectivity index (χ2v) is 4.80. The standard InChI is InChI=1S/C13H20N2O2/c1-5-17-12(16)14-10-6-8-11(9-7-10)15-13(2,3)4/h6-9,15H,5H2,1-4H3,(H,14,16). The molecule has 0 spiro atoms. The molecule has 0 aromatic heterocycles. The molecule has 4 heteroatoms. The smallest absolute Gasteiger partial charge is 0.411 e. The van der Waals surface area contributed by atoms with Crippen molar-refractivity contribution < 1.29 is 9.53 Å². The fraction of sp³-hybridized carbons (Fsp3) is 0.462. The number of hydrogen-bond donors (Lipinski definition) is 2. The van der Waals surface area contributed by atoms with Gasteiger partial charge in [-0.3, -0.25) is 5.32 Å². The average molecular weight is 236 g/mol. The van der Waals surface area contributed by atoms with Gasteiger partial charge in [0.15, 0.2) is 0 Å². The number of rotatable bonds is 3. The van der Waals surface area contributed by atoms with Gasteiger partial charge in [0, 0.05) is 16.9 Å². The van der Waals surface area contributed by atoms with Crippen LogP contribution in [0, 0.1) is 0 Å². The number of benzene rings is 1. The van der Waals surface area contributed by atoms with Gasteiger partial charge < -0.3 is 10.1 Å². The lowest BCUT2D eigenvalue weighted by atomic mass is 10.1. The number of nitrogens with one attached hydrogen (secondary N) is 2. The lowest BCUT2D eigenvalue weighted by molar-refractivity contribution is 0.168. The van der Waals surface area contributed by atoms with Crippen LogP contribution in [0.2, 0.25) is 0 Å². The SMILES string of the molecule is CCOC(=O)Nc1ccc(NC(C)(C)C)cc1. The van der Waals surface area contributed by atoms with Gasteiger partial charge in [-0.2, -0.15) is 0 Å². The van der Waals surface area contributed by atoms with Crippen LogP contribution >= 0.6 is 0 Å². The van der Waals surface area contributed by atoms with E-state index < -0.39 is 6.09 Å². The summed E-state index contributed by atoms with van der Waals surface area (Å²) in [4.78, 5) is 11.2. The fourth-order valence-corrected chi connectivity index (χ4v) is 1.35. The van der Waals surface area contributed by atoms with E-state index in [-0.39, 0.29) is 5.54 Å². The summed E-state index contributed by atoms with van der Waals surface area (Å²) in [7, 11) is 0. The van der Waals surface area contributed by atoms with E-state index in [1.165, 1.54) is 0 Å². The summed E-state index contributed by atoms with van der Waals surface area (Å²) in [5.74, 6) is 0. The highest BCUT2D eigenvalue weighted by atomic mass is 16.5. The average Bonchev–Trinajstić information content (AvgIpc) is 2.19. The van der Waals surface area contributed by atoms with E-state index in [0.717, 1.165) is 11.4 Å². The zero-order valence-electron chi connectivity index (χ0n) is 10.8. The predicted molar refractivity (Wildman–Crippen MR) is 70.5 cm³/mol. The Morgan fingerprint density at radius 3 is 2.18 bits per heavy atom. The Hall–Kier alpha value is -1.71. The fourth-order valence-electron chi connectivity index (χ4n) is 1.35. The van der Waals surface area contributed by atoms with Gasteiger partial charge in [-0.25, -0.2) is 4.79 Å². The van der Waals surface area contributed by atoms with Gasteiger partial charge >= 0.3 is 6.09 Å². The van der Waals surface area contributed by atoms with Crippen molar-refractivity contribution in [2.24, 2.45) is 0 Å². The highest BCUT2D eigenvalue weighted by molar-refractivity contribution is 5.84. The molecule has 17 heavy (non-hydrogen) atoms. The second kappa shape index (κ2) is 5.57.